The van der Waals surface area contributed by atoms with Crippen LogP contribution in [0.15, 0.2) is 11.6 Å². The van der Waals surface area contributed by atoms with E-state index in [1.165, 1.54) is 51.4 Å². The maximum atomic E-state index is 11.9. The Hall–Kier alpha value is -0.830. The van der Waals surface area contributed by atoms with Crippen LogP contribution in [-0.4, -0.2) is 23.8 Å². The van der Waals surface area contributed by atoms with E-state index in [1.807, 2.05) is 0 Å². The standard InChI is InChI=1S/C32H52O3/c1-21(34)35-26-12-16-30(6)22(27(26,2)3)10-14-31(7)23-9-13-29(5)18-17-28(4,20-33)19-25(29)32(23,8)15-11-24(30)31/h9,22,24-26,33H,10-20H2,1-8H3/t22-,24+,25+,26+,28-,29-,30-,31-,32+/m0/s1. The summed E-state index contributed by atoms with van der Waals surface area (Å²) >= 11 is 0. The molecule has 198 valence electrons. The number of aliphatic hydroxyl groups excluding tert-OH is 1. The molecule has 0 aliphatic heterocycles. The van der Waals surface area contributed by atoms with E-state index in [0.29, 0.717) is 35.2 Å². The largest absolute Gasteiger partial charge is 0.462 e. The van der Waals surface area contributed by atoms with Crippen molar-refractivity contribution in [2.24, 2.45) is 50.2 Å². The minimum absolute atomic E-state index is 0.0204. The Balaban J connectivity index is 1.50. The quantitative estimate of drug-likeness (QED) is 0.322. The van der Waals surface area contributed by atoms with Crippen LogP contribution in [-0.2, 0) is 9.53 Å². The van der Waals surface area contributed by atoms with Crippen LogP contribution in [0.3, 0.4) is 0 Å². The second kappa shape index (κ2) is 7.84. The van der Waals surface area contributed by atoms with E-state index in [2.05, 4.69) is 54.5 Å². The molecular formula is C32H52O3. The molecule has 4 fully saturated rings. The van der Waals surface area contributed by atoms with Gasteiger partial charge < -0.3 is 9.84 Å². The molecule has 0 aromatic carbocycles. The van der Waals surface area contributed by atoms with Gasteiger partial charge in [0.15, 0.2) is 0 Å². The van der Waals surface area contributed by atoms with E-state index in [0.717, 1.165) is 12.8 Å². The molecule has 0 spiro atoms. The Labute approximate surface area is 214 Å². The second-order valence-corrected chi connectivity index (χ2v) is 15.7. The third kappa shape index (κ3) is 3.48. The van der Waals surface area contributed by atoms with Crippen LogP contribution in [0.25, 0.3) is 0 Å². The predicted octanol–water partition coefficient (Wildman–Crippen LogP) is 7.71. The van der Waals surface area contributed by atoms with Gasteiger partial charge in [-0.05, 0) is 109 Å². The van der Waals surface area contributed by atoms with Gasteiger partial charge in [0.05, 0.1) is 0 Å². The zero-order valence-electron chi connectivity index (χ0n) is 23.9. The normalized spacial score (nSPS) is 52.8. The van der Waals surface area contributed by atoms with Crippen molar-refractivity contribution in [1.82, 2.24) is 0 Å². The van der Waals surface area contributed by atoms with Crippen LogP contribution >= 0.6 is 0 Å². The van der Waals surface area contributed by atoms with Gasteiger partial charge in [-0.2, -0.15) is 0 Å². The third-order valence-electron chi connectivity index (χ3n) is 13.2. The molecule has 0 saturated heterocycles. The number of hydrogen-bond donors (Lipinski definition) is 1. The molecule has 4 saturated carbocycles. The molecule has 0 bridgehead atoms. The van der Waals surface area contributed by atoms with Crippen molar-refractivity contribution in [2.75, 3.05) is 6.61 Å². The monoisotopic (exact) mass is 484 g/mol. The molecule has 0 radical (unpaired) electrons. The zero-order chi connectivity index (χ0) is 25.7. The molecule has 0 unspecified atom stereocenters. The van der Waals surface area contributed by atoms with Crippen molar-refractivity contribution >= 4 is 5.97 Å². The highest BCUT2D eigenvalue weighted by atomic mass is 16.5. The minimum atomic E-state index is -0.126. The summed E-state index contributed by atoms with van der Waals surface area (Å²) in [5.41, 5.74) is 3.07. The van der Waals surface area contributed by atoms with E-state index >= 15 is 0 Å². The lowest BCUT2D eigenvalue weighted by Crippen LogP contribution is -2.63. The van der Waals surface area contributed by atoms with E-state index < -0.39 is 0 Å². The average molecular weight is 485 g/mol. The molecule has 35 heavy (non-hydrogen) atoms. The Bertz CT molecular complexity index is 920. The SMILES string of the molecule is CC(=O)O[C@@H]1CC[C@]2(C)[C@H]3CC[C@]4(C)C(=CC[C@@]5(C)CC[C@](C)(CO)C[C@H]54)[C@]3(C)CC[C@H]2C1(C)C. The molecule has 0 amide bonds. The van der Waals surface area contributed by atoms with Crippen molar-refractivity contribution in [3.8, 4) is 0 Å². The first kappa shape index (κ1) is 25.8. The van der Waals surface area contributed by atoms with E-state index in [-0.39, 0.29) is 33.7 Å². The first-order valence-corrected chi connectivity index (χ1v) is 14.6. The van der Waals surface area contributed by atoms with Gasteiger partial charge in [0, 0.05) is 18.9 Å². The molecule has 0 aromatic heterocycles. The van der Waals surface area contributed by atoms with Crippen LogP contribution in [0.5, 0.6) is 0 Å². The Morgan fingerprint density at radius 1 is 0.886 bits per heavy atom. The molecule has 5 aliphatic carbocycles. The van der Waals surface area contributed by atoms with Crippen molar-refractivity contribution in [3.05, 3.63) is 11.6 Å². The number of fused-ring (bicyclic) bond motifs is 7. The molecule has 3 nitrogen and oxygen atoms in total. The summed E-state index contributed by atoms with van der Waals surface area (Å²) in [6.45, 7) is 19.4. The molecule has 5 aliphatic rings. The number of rotatable bonds is 2. The number of esters is 1. The second-order valence-electron chi connectivity index (χ2n) is 15.7. The summed E-state index contributed by atoms with van der Waals surface area (Å²) in [6.07, 6.45) is 14.8. The Kier molecular flexibility index (Phi) is 5.78. The summed E-state index contributed by atoms with van der Waals surface area (Å²) in [4.78, 5) is 11.9. The molecule has 0 heterocycles. The molecule has 5 rings (SSSR count). The fourth-order valence-corrected chi connectivity index (χ4v) is 11.3. The van der Waals surface area contributed by atoms with Crippen LogP contribution in [0.4, 0.5) is 0 Å². The lowest BCUT2D eigenvalue weighted by atomic mass is 9.34. The lowest BCUT2D eigenvalue weighted by Gasteiger charge is -2.70. The highest BCUT2D eigenvalue weighted by Gasteiger charge is 2.67. The highest BCUT2D eigenvalue weighted by Crippen LogP contribution is 2.75. The predicted molar refractivity (Wildman–Crippen MR) is 142 cm³/mol. The number of carbonyl (C=O) groups is 1. The third-order valence-corrected chi connectivity index (χ3v) is 13.2. The highest BCUT2D eigenvalue weighted by molar-refractivity contribution is 5.66. The Morgan fingerprint density at radius 3 is 2.14 bits per heavy atom. The maximum Gasteiger partial charge on any atom is 0.302 e. The number of allylic oxidation sites excluding steroid dienone is 2. The van der Waals surface area contributed by atoms with Gasteiger partial charge in [-0.1, -0.05) is 60.1 Å². The van der Waals surface area contributed by atoms with Gasteiger partial charge in [-0.3, -0.25) is 4.79 Å². The molecule has 0 aromatic rings. The first-order valence-electron chi connectivity index (χ1n) is 14.6. The topological polar surface area (TPSA) is 46.5 Å². The number of ether oxygens (including phenoxy) is 1. The molecular weight excluding hydrogens is 432 g/mol. The van der Waals surface area contributed by atoms with Gasteiger partial charge in [0.2, 0.25) is 0 Å². The first-order chi connectivity index (χ1) is 16.1. The fraction of sp³-hybridized carbons (Fsp3) is 0.906. The average Bonchev–Trinajstić information content (AvgIpc) is 2.76. The zero-order valence-corrected chi connectivity index (χ0v) is 23.9. The van der Waals surface area contributed by atoms with E-state index in [9.17, 15) is 9.90 Å². The number of hydrogen-bond acceptors (Lipinski definition) is 3. The van der Waals surface area contributed by atoms with Crippen molar-refractivity contribution in [3.63, 3.8) is 0 Å². The van der Waals surface area contributed by atoms with Crippen LogP contribution < -0.4 is 0 Å². The molecule has 1 N–H and O–H groups in total. The smallest absolute Gasteiger partial charge is 0.302 e. The summed E-state index contributed by atoms with van der Waals surface area (Å²) in [5, 5.41) is 10.3. The Morgan fingerprint density at radius 2 is 1.51 bits per heavy atom. The van der Waals surface area contributed by atoms with Crippen LogP contribution in [0, 0.1) is 50.2 Å². The fourth-order valence-electron chi connectivity index (χ4n) is 11.3. The molecule has 3 heteroatoms. The van der Waals surface area contributed by atoms with E-state index in [4.69, 9.17) is 4.74 Å². The van der Waals surface area contributed by atoms with Crippen LogP contribution in [0.1, 0.15) is 120 Å². The van der Waals surface area contributed by atoms with E-state index in [1.54, 1.807) is 12.5 Å². The van der Waals surface area contributed by atoms with Gasteiger partial charge in [-0.25, -0.2) is 0 Å². The lowest BCUT2D eigenvalue weighted by molar-refractivity contribution is -0.199. The van der Waals surface area contributed by atoms with Gasteiger partial charge in [0.1, 0.15) is 6.10 Å². The van der Waals surface area contributed by atoms with Gasteiger partial charge in [0.25, 0.3) is 0 Å². The van der Waals surface area contributed by atoms with Gasteiger partial charge >= 0.3 is 5.97 Å². The van der Waals surface area contributed by atoms with Crippen molar-refractivity contribution in [2.45, 2.75) is 126 Å². The summed E-state index contributed by atoms with van der Waals surface area (Å²) in [7, 11) is 0. The van der Waals surface area contributed by atoms with Crippen molar-refractivity contribution in [1.29, 1.82) is 0 Å². The summed E-state index contributed by atoms with van der Waals surface area (Å²) in [6, 6.07) is 0. The maximum absolute atomic E-state index is 11.9. The van der Waals surface area contributed by atoms with Crippen molar-refractivity contribution < 1.29 is 14.6 Å². The molecule has 9 atom stereocenters. The number of aliphatic hydroxyl groups is 1. The number of carbonyl (C=O) groups excluding carboxylic acids is 1. The minimum Gasteiger partial charge on any atom is -0.462 e. The summed E-state index contributed by atoms with van der Waals surface area (Å²) in [5.74, 6) is 1.83. The van der Waals surface area contributed by atoms with Gasteiger partial charge in [-0.15, -0.1) is 0 Å². The van der Waals surface area contributed by atoms with Crippen LogP contribution in [0.2, 0.25) is 0 Å². The summed E-state index contributed by atoms with van der Waals surface area (Å²) < 4.78 is 5.89.